The Kier molecular flexibility index (Phi) is 8.25. The third kappa shape index (κ3) is 5.96. The molecule has 6 atom stereocenters. The molecule has 0 amide bonds. The number of rotatable bonds is 5. The van der Waals surface area contributed by atoms with Gasteiger partial charge >= 0.3 is 17.6 Å². The number of nitrogens with two attached hydrogens (primary N) is 1. The van der Waals surface area contributed by atoms with E-state index < -0.39 is 48.3 Å². The number of carbonyl (C=O) groups excluding carboxylic acids is 1. The summed E-state index contributed by atoms with van der Waals surface area (Å²) < 4.78 is 11.7. The minimum absolute atomic E-state index is 0.0406. The Hall–Kier alpha value is -2.58. The predicted octanol–water partition coefficient (Wildman–Crippen LogP) is -2.81. The Bertz CT molecular complexity index is 794. The molecule has 0 aliphatic carbocycles. The van der Waals surface area contributed by atoms with Crippen LogP contribution in [0.25, 0.3) is 0 Å². The highest BCUT2D eigenvalue weighted by atomic mass is 16.6. The van der Waals surface area contributed by atoms with Crippen LogP contribution in [0.1, 0.15) is 26.0 Å². The van der Waals surface area contributed by atoms with Gasteiger partial charge < -0.3 is 41.0 Å². The quantitative estimate of drug-likeness (QED) is 0.262. The van der Waals surface area contributed by atoms with Crippen molar-refractivity contribution in [2.45, 2.75) is 56.5 Å². The molecule has 0 bridgehead atoms. The topological polar surface area (TPSA) is 206 Å². The van der Waals surface area contributed by atoms with Crippen molar-refractivity contribution in [2.24, 2.45) is 0 Å². The van der Waals surface area contributed by atoms with Gasteiger partial charge in [0.15, 0.2) is 6.23 Å². The van der Waals surface area contributed by atoms with Crippen LogP contribution in [0.3, 0.4) is 0 Å². The molecule has 1 aromatic heterocycles. The van der Waals surface area contributed by atoms with Gasteiger partial charge in [0.2, 0.25) is 0 Å². The molecule has 13 heteroatoms. The van der Waals surface area contributed by atoms with Gasteiger partial charge in [-0.3, -0.25) is 9.36 Å². The number of nitrogen functional groups attached to an aromatic ring is 1. The highest BCUT2D eigenvalue weighted by Crippen LogP contribution is 2.28. The van der Waals surface area contributed by atoms with E-state index in [1.54, 1.807) is 0 Å². The Balaban J connectivity index is 0.000000469. The molecule has 0 aromatic carbocycles. The van der Waals surface area contributed by atoms with E-state index in [0.717, 1.165) is 17.5 Å². The van der Waals surface area contributed by atoms with Crippen LogP contribution in [0.15, 0.2) is 17.1 Å². The third-order valence-corrected chi connectivity index (χ3v) is 4.55. The molecule has 2 saturated heterocycles. The zero-order valence-electron chi connectivity index (χ0n) is 16.2. The lowest BCUT2D eigenvalue weighted by Gasteiger charge is -2.17. The fourth-order valence-electron chi connectivity index (χ4n) is 2.87. The number of ether oxygens (including phenoxy) is 2. The van der Waals surface area contributed by atoms with Gasteiger partial charge in [0, 0.05) is 6.20 Å². The summed E-state index contributed by atoms with van der Waals surface area (Å²) in [6.07, 6.45) is -3.05. The second-order valence-electron chi connectivity index (χ2n) is 6.88. The Morgan fingerprint density at radius 3 is 2.63 bits per heavy atom. The highest BCUT2D eigenvalue weighted by molar-refractivity contribution is 5.76. The van der Waals surface area contributed by atoms with Crippen LogP contribution in [0.2, 0.25) is 0 Å². The van der Waals surface area contributed by atoms with Crippen molar-refractivity contribution >= 4 is 17.8 Å². The van der Waals surface area contributed by atoms with Gasteiger partial charge in [0.25, 0.3) is 0 Å². The van der Waals surface area contributed by atoms with E-state index in [-0.39, 0.29) is 18.5 Å². The fraction of sp³-hybridized carbons (Fsp3) is 0.647. The minimum Gasteiger partial charge on any atom is -0.479 e. The SMILES string of the molecule is CC(O)C(=O)O.Nc1ccn([C@@H]2O[C@H](COC(=O)C3CCCN3)[C@@H](O)[C@@H]2O)c(=O)n1. The van der Waals surface area contributed by atoms with E-state index >= 15 is 0 Å². The van der Waals surface area contributed by atoms with Crippen molar-refractivity contribution in [3.8, 4) is 0 Å². The maximum Gasteiger partial charge on any atom is 0.351 e. The van der Waals surface area contributed by atoms with E-state index in [0.29, 0.717) is 6.42 Å². The summed E-state index contributed by atoms with van der Waals surface area (Å²) in [5.41, 5.74) is 4.71. The van der Waals surface area contributed by atoms with Crippen molar-refractivity contribution in [3.05, 3.63) is 22.7 Å². The Morgan fingerprint density at radius 1 is 1.43 bits per heavy atom. The van der Waals surface area contributed by atoms with Crippen LogP contribution >= 0.6 is 0 Å². The van der Waals surface area contributed by atoms with Gasteiger partial charge in [-0.05, 0) is 32.4 Å². The average molecular weight is 430 g/mol. The summed E-state index contributed by atoms with van der Waals surface area (Å²) in [5, 5.41) is 39.0. The van der Waals surface area contributed by atoms with E-state index in [1.165, 1.54) is 19.2 Å². The summed E-state index contributed by atoms with van der Waals surface area (Å²) >= 11 is 0. The Labute approximate surface area is 171 Å². The molecule has 0 radical (unpaired) electrons. The number of hydrogen-bond donors (Lipinski definition) is 6. The number of anilines is 1. The molecule has 2 fully saturated rings. The van der Waals surface area contributed by atoms with Crippen LogP contribution in [-0.4, -0.2) is 85.5 Å². The van der Waals surface area contributed by atoms with E-state index in [9.17, 15) is 24.6 Å². The molecule has 1 aromatic rings. The van der Waals surface area contributed by atoms with Crippen LogP contribution in [0.4, 0.5) is 5.82 Å². The summed E-state index contributed by atoms with van der Waals surface area (Å²) in [6, 6.07) is 1.02. The number of aliphatic hydroxyl groups excluding tert-OH is 3. The van der Waals surface area contributed by atoms with Crippen LogP contribution < -0.4 is 16.7 Å². The summed E-state index contributed by atoms with van der Waals surface area (Å²) in [6.45, 7) is 1.74. The largest absolute Gasteiger partial charge is 0.479 e. The first-order chi connectivity index (χ1) is 14.1. The zero-order chi connectivity index (χ0) is 22.4. The summed E-state index contributed by atoms with van der Waals surface area (Å²) in [5.74, 6) is -1.57. The number of aliphatic hydroxyl groups is 3. The lowest BCUT2D eigenvalue weighted by atomic mass is 10.1. The maximum absolute atomic E-state index is 11.9. The number of aliphatic carboxylic acids is 1. The van der Waals surface area contributed by atoms with Crippen LogP contribution in [0.5, 0.6) is 0 Å². The van der Waals surface area contributed by atoms with Crippen molar-refractivity contribution in [3.63, 3.8) is 0 Å². The van der Waals surface area contributed by atoms with Crippen molar-refractivity contribution in [2.75, 3.05) is 18.9 Å². The van der Waals surface area contributed by atoms with E-state index in [1.807, 2.05) is 0 Å². The van der Waals surface area contributed by atoms with Gasteiger partial charge in [-0.2, -0.15) is 4.98 Å². The number of nitrogens with one attached hydrogen (secondary N) is 1. The molecular formula is C17H26N4O9. The first-order valence-corrected chi connectivity index (χ1v) is 9.29. The smallest absolute Gasteiger partial charge is 0.351 e. The molecule has 0 saturated carbocycles. The van der Waals surface area contributed by atoms with Crippen LogP contribution in [0, 0.1) is 0 Å². The first kappa shape index (κ1) is 23.7. The van der Waals surface area contributed by atoms with Gasteiger partial charge in [-0.1, -0.05) is 0 Å². The summed E-state index contributed by atoms with van der Waals surface area (Å²) in [4.78, 5) is 36.7. The van der Waals surface area contributed by atoms with Gasteiger partial charge in [-0.25, -0.2) is 9.59 Å². The molecule has 2 unspecified atom stereocenters. The van der Waals surface area contributed by atoms with Gasteiger partial charge in [-0.15, -0.1) is 0 Å². The highest BCUT2D eigenvalue weighted by Gasteiger charge is 2.45. The van der Waals surface area contributed by atoms with Gasteiger partial charge in [0.05, 0.1) is 0 Å². The number of carboxylic acid groups (broad SMARTS) is 1. The number of carbonyl (C=O) groups is 2. The standard InChI is InChI=1S/C14H20N4O6.C3H6O3/c15-9-3-5-18(14(22)17-9)12-11(20)10(19)8(24-12)6-23-13(21)7-2-1-4-16-7;1-2(4)3(5)6/h3,5,7-8,10-12,16,19-20H,1-2,4,6H2,(H2,15,17,22);2,4H,1H3,(H,5,6)/t7?,8-,10-,11+,12-;/m1./s1. The second-order valence-corrected chi connectivity index (χ2v) is 6.88. The van der Waals surface area contributed by atoms with E-state index in [2.05, 4.69) is 10.3 Å². The molecule has 3 rings (SSSR count). The normalized spacial score (nSPS) is 29.0. The average Bonchev–Trinajstić information content (AvgIpc) is 3.31. The number of nitrogens with zero attached hydrogens (tertiary/aromatic N) is 2. The molecule has 168 valence electrons. The lowest BCUT2D eigenvalue weighted by Crippen LogP contribution is -2.38. The van der Waals surface area contributed by atoms with Crippen molar-refractivity contribution in [1.29, 1.82) is 0 Å². The van der Waals surface area contributed by atoms with Crippen molar-refractivity contribution in [1.82, 2.24) is 14.9 Å². The monoisotopic (exact) mass is 430 g/mol. The molecule has 2 aliphatic heterocycles. The van der Waals surface area contributed by atoms with Crippen molar-refractivity contribution < 1.29 is 39.5 Å². The number of hydrogen-bond acceptors (Lipinski definition) is 11. The van der Waals surface area contributed by atoms with Crippen LogP contribution in [-0.2, 0) is 19.1 Å². The number of aromatic nitrogens is 2. The lowest BCUT2D eigenvalue weighted by molar-refractivity contribution is -0.152. The third-order valence-electron chi connectivity index (χ3n) is 4.55. The Morgan fingerprint density at radius 2 is 2.10 bits per heavy atom. The number of esters is 1. The summed E-state index contributed by atoms with van der Waals surface area (Å²) in [7, 11) is 0. The minimum atomic E-state index is -1.36. The first-order valence-electron chi connectivity index (χ1n) is 9.29. The number of carboxylic acids is 1. The van der Waals surface area contributed by atoms with Gasteiger partial charge in [0.1, 0.15) is 42.9 Å². The fourth-order valence-corrected chi connectivity index (χ4v) is 2.87. The molecule has 13 nitrogen and oxygen atoms in total. The predicted molar refractivity (Wildman–Crippen MR) is 100 cm³/mol. The molecule has 7 N–H and O–H groups in total. The second kappa shape index (κ2) is 10.4. The maximum atomic E-state index is 11.9. The van der Waals surface area contributed by atoms with E-state index in [4.69, 9.17) is 25.4 Å². The molecule has 2 aliphatic rings. The molecular weight excluding hydrogens is 404 g/mol. The molecule has 3 heterocycles. The zero-order valence-corrected chi connectivity index (χ0v) is 16.2. The molecule has 0 spiro atoms. The molecule has 30 heavy (non-hydrogen) atoms.